The molecule has 154 valence electrons. The van der Waals surface area contributed by atoms with Crippen molar-refractivity contribution in [1.29, 1.82) is 0 Å². The van der Waals surface area contributed by atoms with Crippen LogP contribution in [-0.2, 0) is 12.7 Å². The Bertz CT molecular complexity index is 1230. The molecule has 4 rings (SSSR count). The molecule has 3 heterocycles. The van der Waals surface area contributed by atoms with Gasteiger partial charge in [-0.1, -0.05) is 29.8 Å². The SMILES string of the molecule is O=C(NCc1ccccc1F)c1nc2c(C(F)(F)F)cc(-c3ccco3)cn2c1Cl. The van der Waals surface area contributed by atoms with Crippen LogP contribution in [0.2, 0.25) is 5.15 Å². The van der Waals surface area contributed by atoms with E-state index in [1.807, 2.05) is 0 Å². The Balaban J connectivity index is 1.75. The first-order chi connectivity index (χ1) is 14.3. The van der Waals surface area contributed by atoms with Crippen molar-refractivity contribution in [1.82, 2.24) is 14.7 Å². The van der Waals surface area contributed by atoms with Gasteiger partial charge in [0.05, 0.1) is 11.8 Å². The van der Waals surface area contributed by atoms with E-state index in [1.165, 1.54) is 42.8 Å². The third-order valence-corrected chi connectivity index (χ3v) is 4.75. The average Bonchev–Trinajstić information content (AvgIpc) is 3.34. The number of hydrogen-bond donors (Lipinski definition) is 1. The lowest BCUT2D eigenvalue weighted by Crippen LogP contribution is -2.24. The van der Waals surface area contributed by atoms with Crippen LogP contribution in [0.3, 0.4) is 0 Å². The number of imidazole rings is 1. The number of carbonyl (C=O) groups is 1. The summed E-state index contributed by atoms with van der Waals surface area (Å²) < 4.78 is 60.7. The largest absolute Gasteiger partial charge is 0.464 e. The number of nitrogens with one attached hydrogen (secondary N) is 1. The lowest BCUT2D eigenvalue weighted by Gasteiger charge is -2.10. The maximum absolute atomic E-state index is 13.7. The van der Waals surface area contributed by atoms with Gasteiger partial charge in [0.25, 0.3) is 5.91 Å². The highest BCUT2D eigenvalue weighted by Crippen LogP contribution is 2.37. The zero-order chi connectivity index (χ0) is 21.5. The van der Waals surface area contributed by atoms with E-state index in [9.17, 15) is 22.4 Å². The van der Waals surface area contributed by atoms with Crippen LogP contribution in [0.5, 0.6) is 0 Å². The standard InChI is InChI=1S/C20H12ClF4N3O2/c21-17-16(19(29)26-9-11-4-1-2-5-14(11)22)27-18-13(20(23,24)25)8-12(10-28(17)18)15-6-3-7-30-15/h1-8,10H,9H2,(H,26,29). The van der Waals surface area contributed by atoms with Crippen LogP contribution in [0.1, 0.15) is 21.6 Å². The van der Waals surface area contributed by atoms with Crippen LogP contribution >= 0.6 is 11.6 Å². The van der Waals surface area contributed by atoms with Crippen molar-refractivity contribution < 1.29 is 26.8 Å². The second kappa shape index (κ2) is 7.49. The number of fused-ring (bicyclic) bond motifs is 1. The zero-order valence-electron chi connectivity index (χ0n) is 15.0. The molecule has 0 aliphatic rings. The highest BCUT2D eigenvalue weighted by Gasteiger charge is 2.36. The van der Waals surface area contributed by atoms with Crippen LogP contribution in [0.4, 0.5) is 17.6 Å². The summed E-state index contributed by atoms with van der Waals surface area (Å²) in [5.74, 6) is -1.17. The maximum Gasteiger partial charge on any atom is 0.420 e. The summed E-state index contributed by atoms with van der Waals surface area (Å²) >= 11 is 6.19. The van der Waals surface area contributed by atoms with Gasteiger partial charge in [0.2, 0.25) is 0 Å². The van der Waals surface area contributed by atoms with Gasteiger partial charge in [-0.15, -0.1) is 0 Å². The fourth-order valence-electron chi connectivity index (χ4n) is 2.95. The van der Waals surface area contributed by atoms with Crippen LogP contribution in [0.25, 0.3) is 17.0 Å². The summed E-state index contributed by atoms with van der Waals surface area (Å²) in [6, 6.07) is 9.68. The summed E-state index contributed by atoms with van der Waals surface area (Å²) in [5, 5.41) is 2.11. The lowest BCUT2D eigenvalue weighted by atomic mass is 10.1. The molecular formula is C20H12ClF4N3O2. The normalized spacial score (nSPS) is 11.8. The van der Waals surface area contributed by atoms with E-state index < -0.39 is 34.8 Å². The predicted octanol–water partition coefficient (Wildman–Crippen LogP) is 5.34. The summed E-state index contributed by atoms with van der Waals surface area (Å²) in [7, 11) is 0. The number of hydrogen-bond acceptors (Lipinski definition) is 3. The molecule has 10 heteroatoms. The predicted molar refractivity (Wildman–Crippen MR) is 100 cm³/mol. The van der Waals surface area contributed by atoms with Crippen molar-refractivity contribution in [2.24, 2.45) is 0 Å². The van der Waals surface area contributed by atoms with Gasteiger partial charge in [-0.3, -0.25) is 9.20 Å². The summed E-state index contributed by atoms with van der Waals surface area (Å²) in [5.41, 5.74) is -1.69. The Morgan fingerprint density at radius 3 is 2.63 bits per heavy atom. The second-order valence-corrected chi connectivity index (χ2v) is 6.69. The summed E-state index contributed by atoms with van der Waals surface area (Å²) in [4.78, 5) is 16.3. The quantitative estimate of drug-likeness (QED) is 0.439. The van der Waals surface area contributed by atoms with E-state index in [-0.39, 0.29) is 28.6 Å². The minimum atomic E-state index is -4.75. The molecule has 0 aliphatic carbocycles. The maximum atomic E-state index is 13.7. The number of alkyl halides is 3. The van der Waals surface area contributed by atoms with Gasteiger partial charge in [-0.25, -0.2) is 9.37 Å². The lowest BCUT2D eigenvalue weighted by molar-refractivity contribution is -0.136. The molecule has 5 nitrogen and oxygen atoms in total. The molecule has 1 N–H and O–H groups in total. The van der Waals surface area contributed by atoms with Gasteiger partial charge < -0.3 is 9.73 Å². The van der Waals surface area contributed by atoms with Gasteiger partial charge in [0.1, 0.15) is 16.7 Å². The Kier molecular flexibility index (Phi) is 4.98. The van der Waals surface area contributed by atoms with Crippen molar-refractivity contribution in [3.05, 3.63) is 82.7 Å². The number of nitrogens with zero attached hydrogens (tertiary/aromatic N) is 2. The average molecular weight is 438 g/mol. The van der Waals surface area contributed by atoms with Crippen molar-refractivity contribution in [2.75, 3.05) is 0 Å². The van der Waals surface area contributed by atoms with E-state index >= 15 is 0 Å². The monoisotopic (exact) mass is 437 g/mol. The van der Waals surface area contributed by atoms with Gasteiger partial charge in [-0.2, -0.15) is 13.2 Å². The van der Waals surface area contributed by atoms with Gasteiger partial charge in [0.15, 0.2) is 11.3 Å². The van der Waals surface area contributed by atoms with Crippen LogP contribution in [0.15, 0.2) is 59.3 Å². The molecule has 1 amide bonds. The number of rotatable bonds is 4. The molecule has 4 aromatic rings. The first-order valence-corrected chi connectivity index (χ1v) is 8.98. The van der Waals surface area contributed by atoms with Crippen molar-refractivity contribution >= 4 is 23.2 Å². The highest BCUT2D eigenvalue weighted by molar-refractivity contribution is 6.33. The molecule has 30 heavy (non-hydrogen) atoms. The van der Waals surface area contributed by atoms with Crippen molar-refractivity contribution in [3.63, 3.8) is 0 Å². The van der Waals surface area contributed by atoms with E-state index in [1.54, 1.807) is 6.07 Å². The number of aromatic nitrogens is 2. The topological polar surface area (TPSA) is 59.5 Å². The molecule has 0 bridgehead atoms. The molecular weight excluding hydrogens is 426 g/mol. The number of furan rings is 1. The van der Waals surface area contributed by atoms with E-state index in [4.69, 9.17) is 16.0 Å². The molecule has 0 saturated heterocycles. The molecule has 0 fully saturated rings. The molecule has 0 atom stereocenters. The van der Waals surface area contributed by atoms with Crippen LogP contribution in [-0.4, -0.2) is 15.3 Å². The van der Waals surface area contributed by atoms with E-state index in [0.29, 0.717) is 0 Å². The fourth-order valence-corrected chi connectivity index (χ4v) is 3.21. The molecule has 0 saturated carbocycles. The van der Waals surface area contributed by atoms with Crippen LogP contribution in [0, 0.1) is 5.82 Å². The number of amides is 1. The van der Waals surface area contributed by atoms with Crippen LogP contribution < -0.4 is 5.32 Å². The Morgan fingerprint density at radius 2 is 1.97 bits per heavy atom. The minimum absolute atomic E-state index is 0.109. The molecule has 1 aromatic carbocycles. The smallest absolute Gasteiger partial charge is 0.420 e. The summed E-state index contributed by atoms with van der Waals surface area (Å²) in [6.07, 6.45) is -2.13. The number of carbonyl (C=O) groups excluding carboxylic acids is 1. The fraction of sp³-hybridized carbons (Fsp3) is 0.100. The molecule has 0 unspecified atom stereocenters. The number of benzene rings is 1. The summed E-state index contributed by atoms with van der Waals surface area (Å²) in [6.45, 7) is -0.181. The van der Waals surface area contributed by atoms with Gasteiger partial charge in [0, 0.05) is 23.9 Å². The Labute approximate surface area is 171 Å². The Morgan fingerprint density at radius 1 is 1.20 bits per heavy atom. The van der Waals surface area contributed by atoms with E-state index in [0.717, 1.165) is 10.5 Å². The number of pyridine rings is 1. The van der Waals surface area contributed by atoms with Gasteiger partial charge >= 0.3 is 6.18 Å². The first-order valence-electron chi connectivity index (χ1n) is 8.60. The number of halogens is 5. The minimum Gasteiger partial charge on any atom is -0.464 e. The zero-order valence-corrected chi connectivity index (χ0v) is 15.8. The third kappa shape index (κ3) is 3.63. The molecule has 3 aromatic heterocycles. The second-order valence-electron chi connectivity index (χ2n) is 6.34. The first kappa shape index (κ1) is 20.0. The van der Waals surface area contributed by atoms with Crippen molar-refractivity contribution in [3.8, 4) is 11.3 Å². The Hall–Kier alpha value is -3.33. The molecule has 0 aliphatic heterocycles. The highest BCUT2D eigenvalue weighted by atomic mass is 35.5. The van der Waals surface area contributed by atoms with Gasteiger partial charge in [-0.05, 0) is 24.3 Å². The third-order valence-electron chi connectivity index (χ3n) is 4.39. The molecule has 0 spiro atoms. The molecule has 0 radical (unpaired) electrons. The van der Waals surface area contributed by atoms with Crippen molar-refractivity contribution in [2.45, 2.75) is 12.7 Å². The van der Waals surface area contributed by atoms with E-state index in [2.05, 4.69) is 10.3 Å².